The SMILES string of the molecule is CC1CC(N2C(=O)c3ccccc3C2=O)CC(C)(C)C1. The molecule has 0 aromatic heterocycles. The molecule has 2 unspecified atom stereocenters. The lowest BCUT2D eigenvalue weighted by Gasteiger charge is -2.41. The van der Waals surface area contributed by atoms with Crippen LogP contribution in [0.5, 0.6) is 0 Å². The number of fused-ring (bicyclic) bond motifs is 1. The molecule has 0 bridgehead atoms. The van der Waals surface area contributed by atoms with Crippen LogP contribution >= 0.6 is 0 Å². The van der Waals surface area contributed by atoms with E-state index in [2.05, 4.69) is 20.8 Å². The predicted molar refractivity (Wildman–Crippen MR) is 77.5 cm³/mol. The molecule has 2 amide bonds. The van der Waals surface area contributed by atoms with Crippen LogP contribution in [-0.2, 0) is 0 Å². The molecule has 1 aromatic rings. The van der Waals surface area contributed by atoms with Crippen molar-refractivity contribution in [2.75, 3.05) is 0 Å². The number of carbonyl (C=O) groups is 2. The van der Waals surface area contributed by atoms with Crippen molar-refractivity contribution >= 4 is 11.8 Å². The summed E-state index contributed by atoms with van der Waals surface area (Å²) in [6.07, 6.45) is 2.99. The zero-order chi connectivity index (χ0) is 14.5. The van der Waals surface area contributed by atoms with Gasteiger partial charge in [0.2, 0.25) is 0 Å². The molecule has 1 aromatic carbocycles. The maximum absolute atomic E-state index is 12.5. The smallest absolute Gasteiger partial charge is 0.261 e. The number of hydrogen-bond acceptors (Lipinski definition) is 2. The highest BCUT2D eigenvalue weighted by Gasteiger charge is 2.44. The summed E-state index contributed by atoms with van der Waals surface area (Å²) in [5, 5.41) is 0. The van der Waals surface area contributed by atoms with Crippen LogP contribution in [-0.4, -0.2) is 22.8 Å². The Morgan fingerprint density at radius 3 is 2.10 bits per heavy atom. The van der Waals surface area contributed by atoms with Gasteiger partial charge < -0.3 is 0 Å². The van der Waals surface area contributed by atoms with E-state index in [4.69, 9.17) is 0 Å². The average molecular weight is 271 g/mol. The molecule has 1 aliphatic carbocycles. The second-order valence-corrected chi connectivity index (χ2v) is 7.09. The summed E-state index contributed by atoms with van der Waals surface area (Å²) in [6.45, 7) is 6.67. The summed E-state index contributed by atoms with van der Waals surface area (Å²) >= 11 is 0. The van der Waals surface area contributed by atoms with Gasteiger partial charge in [-0.1, -0.05) is 32.9 Å². The fourth-order valence-corrected chi connectivity index (χ4v) is 4.03. The minimum Gasteiger partial charge on any atom is -0.271 e. The Kier molecular flexibility index (Phi) is 2.96. The van der Waals surface area contributed by atoms with E-state index in [0.717, 1.165) is 19.3 Å². The van der Waals surface area contributed by atoms with Crippen molar-refractivity contribution in [1.82, 2.24) is 4.90 Å². The summed E-state index contributed by atoms with van der Waals surface area (Å²) in [4.78, 5) is 26.6. The minimum absolute atomic E-state index is 0.0427. The Labute approximate surface area is 120 Å². The molecule has 2 atom stereocenters. The van der Waals surface area contributed by atoms with Crippen molar-refractivity contribution in [3.63, 3.8) is 0 Å². The number of hydrogen-bond donors (Lipinski definition) is 0. The van der Waals surface area contributed by atoms with Gasteiger partial charge in [0.1, 0.15) is 0 Å². The summed E-state index contributed by atoms with van der Waals surface area (Å²) in [5.74, 6) is 0.328. The highest BCUT2D eigenvalue weighted by Crippen LogP contribution is 2.42. The summed E-state index contributed by atoms with van der Waals surface area (Å²) in [5.41, 5.74) is 1.32. The normalized spacial score (nSPS) is 28.6. The van der Waals surface area contributed by atoms with Crippen LogP contribution in [0.3, 0.4) is 0 Å². The van der Waals surface area contributed by atoms with E-state index < -0.39 is 0 Å². The molecule has 1 aliphatic heterocycles. The highest BCUT2D eigenvalue weighted by atomic mass is 16.2. The Hall–Kier alpha value is -1.64. The molecule has 1 heterocycles. The van der Waals surface area contributed by atoms with Crippen LogP contribution in [0.1, 0.15) is 60.7 Å². The van der Waals surface area contributed by atoms with Gasteiger partial charge in [-0.2, -0.15) is 0 Å². The monoisotopic (exact) mass is 271 g/mol. The molecule has 3 nitrogen and oxygen atoms in total. The first kappa shape index (κ1) is 13.3. The van der Waals surface area contributed by atoms with E-state index in [1.165, 1.54) is 4.90 Å². The second kappa shape index (κ2) is 4.44. The molecular formula is C17H21NO2. The van der Waals surface area contributed by atoms with Crippen molar-refractivity contribution in [3.8, 4) is 0 Å². The molecule has 0 radical (unpaired) electrons. The van der Waals surface area contributed by atoms with Gasteiger partial charge in [0.15, 0.2) is 0 Å². The molecule has 1 saturated carbocycles. The first-order chi connectivity index (χ1) is 9.39. The topological polar surface area (TPSA) is 37.4 Å². The van der Waals surface area contributed by atoms with Crippen LogP contribution in [0.15, 0.2) is 24.3 Å². The van der Waals surface area contributed by atoms with Crippen molar-refractivity contribution in [3.05, 3.63) is 35.4 Å². The lowest BCUT2D eigenvalue weighted by Crippen LogP contribution is -2.46. The third-order valence-electron chi connectivity index (χ3n) is 4.55. The summed E-state index contributed by atoms with van der Waals surface area (Å²) in [7, 11) is 0. The zero-order valence-electron chi connectivity index (χ0n) is 12.3. The Balaban J connectivity index is 1.93. The van der Waals surface area contributed by atoms with E-state index in [-0.39, 0.29) is 23.3 Å². The van der Waals surface area contributed by atoms with Crippen LogP contribution in [0.25, 0.3) is 0 Å². The van der Waals surface area contributed by atoms with Crippen LogP contribution in [0.2, 0.25) is 0 Å². The summed E-state index contributed by atoms with van der Waals surface area (Å²) < 4.78 is 0. The minimum atomic E-state index is -0.111. The molecule has 106 valence electrons. The highest BCUT2D eigenvalue weighted by molar-refractivity contribution is 6.21. The third kappa shape index (κ3) is 2.05. The van der Waals surface area contributed by atoms with Crippen LogP contribution < -0.4 is 0 Å². The molecule has 3 heteroatoms. The van der Waals surface area contributed by atoms with Gasteiger partial charge in [-0.15, -0.1) is 0 Å². The fourth-order valence-electron chi connectivity index (χ4n) is 4.03. The largest absolute Gasteiger partial charge is 0.271 e. The quantitative estimate of drug-likeness (QED) is 0.733. The van der Waals surface area contributed by atoms with Gasteiger partial charge in [0, 0.05) is 6.04 Å². The average Bonchev–Trinajstić information content (AvgIpc) is 2.60. The molecule has 1 fully saturated rings. The number of amides is 2. The van der Waals surface area contributed by atoms with Gasteiger partial charge in [-0.25, -0.2) is 0 Å². The fraction of sp³-hybridized carbons (Fsp3) is 0.529. The number of rotatable bonds is 1. The third-order valence-corrected chi connectivity index (χ3v) is 4.55. The molecular weight excluding hydrogens is 250 g/mol. The molecule has 0 spiro atoms. The van der Waals surface area contributed by atoms with Crippen molar-refractivity contribution in [1.29, 1.82) is 0 Å². The predicted octanol–water partition coefficient (Wildman–Crippen LogP) is 3.50. The molecule has 0 N–H and O–H groups in total. The van der Waals surface area contributed by atoms with Gasteiger partial charge in [0.05, 0.1) is 11.1 Å². The van der Waals surface area contributed by atoms with Crippen molar-refractivity contribution in [2.45, 2.75) is 46.1 Å². The van der Waals surface area contributed by atoms with Crippen molar-refractivity contribution < 1.29 is 9.59 Å². The number of benzene rings is 1. The first-order valence-corrected chi connectivity index (χ1v) is 7.36. The number of imide groups is 1. The van der Waals surface area contributed by atoms with E-state index >= 15 is 0 Å². The Bertz CT molecular complexity index is 541. The van der Waals surface area contributed by atoms with Gasteiger partial charge in [-0.05, 0) is 42.7 Å². The van der Waals surface area contributed by atoms with Crippen LogP contribution in [0.4, 0.5) is 0 Å². The Morgan fingerprint density at radius 1 is 1.05 bits per heavy atom. The maximum atomic E-state index is 12.5. The number of carbonyl (C=O) groups excluding carboxylic acids is 2. The maximum Gasteiger partial charge on any atom is 0.261 e. The Morgan fingerprint density at radius 2 is 1.60 bits per heavy atom. The first-order valence-electron chi connectivity index (χ1n) is 7.36. The lowest BCUT2D eigenvalue weighted by molar-refractivity contribution is 0.0411. The van der Waals surface area contributed by atoms with E-state index in [1.807, 2.05) is 12.1 Å². The second-order valence-electron chi connectivity index (χ2n) is 7.09. The van der Waals surface area contributed by atoms with E-state index in [9.17, 15) is 9.59 Å². The van der Waals surface area contributed by atoms with E-state index in [0.29, 0.717) is 17.0 Å². The number of nitrogens with zero attached hydrogens (tertiary/aromatic N) is 1. The van der Waals surface area contributed by atoms with Crippen LogP contribution in [0, 0.1) is 11.3 Å². The van der Waals surface area contributed by atoms with Gasteiger partial charge in [0.25, 0.3) is 11.8 Å². The summed E-state index contributed by atoms with van der Waals surface area (Å²) in [6, 6.07) is 7.20. The molecule has 3 rings (SSSR count). The van der Waals surface area contributed by atoms with Gasteiger partial charge in [-0.3, -0.25) is 14.5 Å². The molecule has 20 heavy (non-hydrogen) atoms. The molecule has 0 saturated heterocycles. The lowest BCUT2D eigenvalue weighted by atomic mass is 9.70. The standard InChI is InChI=1S/C17H21NO2/c1-11-8-12(10-17(2,3)9-11)18-15(19)13-6-4-5-7-14(13)16(18)20/h4-7,11-12H,8-10H2,1-3H3. The zero-order valence-corrected chi connectivity index (χ0v) is 12.3. The molecule has 2 aliphatic rings. The van der Waals surface area contributed by atoms with Crippen molar-refractivity contribution in [2.24, 2.45) is 11.3 Å². The van der Waals surface area contributed by atoms with E-state index in [1.54, 1.807) is 12.1 Å². The van der Waals surface area contributed by atoms with Gasteiger partial charge >= 0.3 is 0 Å².